The maximum atomic E-state index is 5.94. The Bertz CT molecular complexity index is 596. The molecule has 112 valence electrons. The molecule has 2 aromatic rings. The maximum Gasteiger partial charge on any atom is 0.118 e. The van der Waals surface area contributed by atoms with Crippen molar-refractivity contribution in [3.63, 3.8) is 0 Å². The van der Waals surface area contributed by atoms with Crippen LogP contribution in [0.3, 0.4) is 0 Å². The van der Waals surface area contributed by atoms with E-state index in [0.717, 1.165) is 28.0 Å². The first-order chi connectivity index (χ1) is 10.0. The Morgan fingerprint density at radius 1 is 1.19 bits per heavy atom. The van der Waals surface area contributed by atoms with E-state index in [1.54, 1.807) is 7.11 Å². The summed E-state index contributed by atoms with van der Waals surface area (Å²) in [5.74, 6) is 0.880. The quantitative estimate of drug-likeness (QED) is 0.883. The Morgan fingerprint density at radius 3 is 2.38 bits per heavy atom. The molecule has 0 bridgehead atoms. The molecular weight excluding hydrogens is 328 g/mol. The Balaban J connectivity index is 2.12. The molecule has 4 heteroatoms. The van der Waals surface area contributed by atoms with Gasteiger partial charge in [-0.05, 0) is 42.3 Å². The van der Waals surface area contributed by atoms with Crippen LogP contribution in [0, 0.1) is 0 Å². The second-order valence-electron chi connectivity index (χ2n) is 5.20. The summed E-state index contributed by atoms with van der Waals surface area (Å²) >= 11 is 3.60. The zero-order valence-electron chi connectivity index (χ0n) is 12.6. The normalized spacial score (nSPS) is 12.0. The van der Waals surface area contributed by atoms with Gasteiger partial charge in [-0.2, -0.15) is 0 Å². The number of methoxy groups -OCH3 is 1. The molecule has 0 amide bonds. The summed E-state index contributed by atoms with van der Waals surface area (Å²) in [5, 5.41) is 0. The summed E-state index contributed by atoms with van der Waals surface area (Å²) in [6.07, 6.45) is 0. The van der Waals surface area contributed by atoms with Gasteiger partial charge in [0.15, 0.2) is 0 Å². The van der Waals surface area contributed by atoms with E-state index in [-0.39, 0.29) is 6.04 Å². The number of anilines is 1. The van der Waals surface area contributed by atoms with Crippen molar-refractivity contribution in [3.8, 4) is 5.75 Å². The molecule has 0 aromatic heterocycles. The Kier molecular flexibility index (Phi) is 5.26. The minimum Gasteiger partial charge on any atom is -0.497 e. The molecule has 0 spiro atoms. The molecule has 0 radical (unpaired) electrons. The highest BCUT2D eigenvalue weighted by Gasteiger charge is 2.08. The first-order valence-electron chi connectivity index (χ1n) is 6.90. The lowest BCUT2D eigenvalue weighted by Gasteiger charge is -2.21. The molecule has 3 nitrogen and oxygen atoms in total. The summed E-state index contributed by atoms with van der Waals surface area (Å²) in [6.45, 7) is 2.83. The smallest absolute Gasteiger partial charge is 0.118 e. The number of hydrogen-bond acceptors (Lipinski definition) is 3. The summed E-state index contributed by atoms with van der Waals surface area (Å²) < 4.78 is 6.23. The van der Waals surface area contributed by atoms with Gasteiger partial charge in [0.2, 0.25) is 0 Å². The van der Waals surface area contributed by atoms with Crippen molar-refractivity contribution in [3.05, 3.63) is 58.1 Å². The van der Waals surface area contributed by atoms with Gasteiger partial charge in [0.1, 0.15) is 5.75 Å². The molecular formula is C17H21BrN2O. The zero-order chi connectivity index (χ0) is 15.4. The van der Waals surface area contributed by atoms with E-state index in [2.05, 4.69) is 58.2 Å². The summed E-state index contributed by atoms with van der Waals surface area (Å²) in [7, 11) is 3.76. The third-order valence-electron chi connectivity index (χ3n) is 3.49. The van der Waals surface area contributed by atoms with E-state index in [1.165, 1.54) is 5.56 Å². The molecule has 2 rings (SSSR count). The maximum absolute atomic E-state index is 5.94. The molecule has 21 heavy (non-hydrogen) atoms. The number of benzene rings is 2. The molecule has 2 aromatic carbocycles. The van der Waals surface area contributed by atoms with Crippen molar-refractivity contribution < 1.29 is 4.74 Å². The lowest BCUT2D eigenvalue weighted by molar-refractivity contribution is 0.414. The van der Waals surface area contributed by atoms with Crippen LogP contribution in [-0.2, 0) is 6.54 Å². The Labute approximate surface area is 134 Å². The van der Waals surface area contributed by atoms with E-state index in [1.807, 2.05) is 19.1 Å². The van der Waals surface area contributed by atoms with Gasteiger partial charge in [-0.3, -0.25) is 0 Å². The second-order valence-corrected chi connectivity index (χ2v) is 6.05. The van der Waals surface area contributed by atoms with Crippen molar-refractivity contribution in [2.24, 2.45) is 5.73 Å². The van der Waals surface area contributed by atoms with Crippen LogP contribution in [-0.4, -0.2) is 14.2 Å². The lowest BCUT2D eigenvalue weighted by atomic mass is 10.1. The van der Waals surface area contributed by atoms with Gasteiger partial charge in [-0.15, -0.1) is 0 Å². The summed E-state index contributed by atoms with van der Waals surface area (Å²) in [4.78, 5) is 2.21. The average Bonchev–Trinajstić information content (AvgIpc) is 2.47. The number of nitrogens with zero attached hydrogens (tertiary/aromatic N) is 1. The molecule has 0 aliphatic carbocycles. The molecule has 2 N–H and O–H groups in total. The largest absolute Gasteiger partial charge is 0.497 e. The molecule has 1 unspecified atom stereocenters. The van der Waals surface area contributed by atoms with E-state index >= 15 is 0 Å². The molecule has 0 aliphatic rings. The molecule has 1 atom stereocenters. The van der Waals surface area contributed by atoms with Gasteiger partial charge in [0, 0.05) is 29.8 Å². The second kappa shape index (κ2) is 6.96. The van der Waals surface area contributed by atoms with Crippen molar-refractivity contribution in [2.45, 2.75) is 19.5 Å². The van der Waals surface area contributed by atoms with Crippen molar-refractivity contribution in [1.29, 1.82) is 0 Å². The van der Waals surface area contributed by atoms with Crippen LogP contribution >= 0.6 is 15.9 Å². The highest BCUT2D eigenvalue weighted by atomic mass is 79.9. The van der Waals surface area contributed by atoms with E-state index in [4.69, 9.17) is 10.5 Å². The molecule has 0 saturated carbocycles. The van der Waals surface area contributed by atoms with Crippen LogP contribution in [0.1, 0.15) is 24.1 Å². The summed E-state index contributed by atoms with van der Waals surface area (Å²) in [5.41, 5.74) is 9.45. The minimum absolute atomic E-state index is 0.0281. The lowest BCUT2D eigenvalue weighted by Crippen LogP contribution is -2.16. The number of hydrogen-bond donors (Lipinski definition) is 1. The third-order valence-corrected chi connectivity index (χ3v) is 4.18. The minimum atomic E-state index is 0.0281. The van der Waals surface area contributed by atoms with Crippen LogP contribution in [0.2, 0.25) is 0 Å². The fourth-order valence-corrected chi connectivity index (χ4v) is 2.95. The number of halogens is 1. The van der Waals surface area contributed by atoms with E-state index in [0.29, 0.717) is 0 Å². The van der Waals surface area contributed by atoms with E-state index in [9.17, 15) is 0 Å². The van der Waals surface area contributed by atoms with Gasteiger partial charge in [0.25, 0.3) is 0 Å². The van der Waals surface area contributed by atoms with Gasteiger partial charge in [0.05, 0.1) is 7.11 Å². The number of nitrogens with two attached hydrogens (primary N) is 1. The standard InChI is InChI=1S/C17H21BrN2O/c1-12(19)16-9-6-14(10-17(16)18)20(2)11-13-4-7-15(21-3)8-5-13/h4-10,12H,11,19H2,1-3H3. The fraction of sp³-hybridized carbons (Fsp3) is 0.294. The van der Waals surface area contributed by atoms with Crippen LogP contribution in [0.5, 0.6) is 5.75 Å². The van der Waals surface area contributed by atoms with Crippen LogP contribution < -0.4 is 15.4 Å². The van der Waals surface area contributed by atoms with Crippen LogP contribution in [0.4, 0.5) is 5.69 Å². The highest BCUT2D eigenvalue weighted by Crippen LogP contribution is 2.27. The first-order valence-corrected chi connectivity index (χ1v) is 7.69. The first kappa shape index (κ1) is 15.9. The Morgan fingerprint density at radius 2 is 1.86 bits per heavy atom. The van der Waals surface area contributed by atoms with E-state index < -0.39 is 0 Å². The zero-order valence-corrected chi connectivity index (χ0v) is 14.2. The van der Waals surface area contributed by atoms with Gasteiger partial charge >= 0.3 is 0 Å². The SMILES string of the molecule is COc1ccc(CN(C)c2ccc(C(C)N)c(Br)c2)cc1. The number of ether oxygens (including phenoxy) is 1. The van der Waals surface area contributed by atoms with Crippen molar-refractivity contribution in [2.75, 3.05) is 19.1 Å². The van der Waals surface area contributed by atoms with Gasteiger partial charge in [-0.1, -0.05) is 34.1 Å². The Hall–Kier alpha value is -1.52. The topological polar surface area (TPSA) is 38.5 Å². The summed E-state index contributed by atoms with van der Waals surface area (Å²) in [6, 6.07) is 14.5. The van der Waals surface area contributed by atoms with Gasteiger partial charge in [-0.25, -0.2) is 0 Å². The molecule has 0 heterocycles. The van der Waals surface area contributed by atoms with Crippen molar-refractivity contribution in [1.82, 2.24) is 0 Å². The highest BCUT2D eigenvalue weighted by molar-refractivity contribution is 9.10. The van der Waals surface area contributed by atoms with Gasteiger partial charge < -0.3 is 15.4 Å². The predicted molar refractivity (Wildman–Crippen MR) is 91.8 cm³/mol. The van der Waals surface area contributed by atoms with Crippen LogP contribution in [0.15, 0.2) is 46.9 Å². The molecule has 0 fully saturated rings. The monoisotopic (exact) mass is 348 g/mol. The van der Waals surface area contributed by atoms with Crippen LogP contribution in [0.25, 0.3) is 0 Å². The fourth-order valence-electron chi connectivity index (χ4n) is 2.22. The average molecular weight is 349 g/mol. The third kappa shape index (κ3) is 3.99. The van der Waals surface area contributed by atoms with Crippen molar-refractivity contribution >= 4 is 21.6 Å². The molecule has 0 aliphatic heterocycles. The number of rotatable bonds is 5. The molecule has 0 saturated heterocycles. The predicted octanol–water partition coefficient (Wildman–Crippen LogP) is 4.11.